The summed E-state index contributed by atoms with van der Waals surface area (Å²) in [6.45, 7) is 1.94. The predicted molar refractivity (Wildman–Crippen MR) is 77.8 cm³/mol. The maximum atomic E-state index is 13.8. The standard InChI is InChI=1S/C16H16ClFO2/c1-10-6-7-12(15(8-10)20-2)14(19)9-11-4-3-5-13(17)16(11)18/h3-8,14,19H,9H2,1-2H3. The van der Waals surface area contributed by atoms with Gasteiger partial charge in [0.1, 0.15) is 11.6 Å². The van der Waals surface area contributed by atoms with Gasteiger partial charge in [0.15, 0.2) is 0 Å². The average molecular weight is 295 g/mol. The van der Waals surface area contributed by atoms with Crippen LogP contribution < -0.4 is 4.74 Å². The van der Waals surface area contributed by atoms with Gasteiger partial charge in [-0.2, -0.15) is 0 Å². The SMILES string of the molecule is COc1cc(C)ccc1C(O)Cc1cccc(Cl)c1F. The average Bonchev–Trinajstić information content (AvgIpc) is 2.43. The summed E-state index contributed by atoms with van der Waals surface area (Å²) in [5.41, 5.74) is 2.05. The van der Waals surface area contributed by atoms with Crippen molar-refractivity contribution in [1.82, 2.24) is 0 Å². The van der Waals surface area contributed by atoms with E-state index in [1.807, 2.05) is 19.1 Å². The highest BCUT2D eigenvalue weighted by molar-refractivity contribution is 6.30. The van der Waals surface area contributed by atoms with Crippen LogP contribution in [-0.2, 0) is 6.42 Å². The van der Waals surface area contributed by atoms with Gasteiger partial charge in [-0.15, -0.1) is 0 Å². The molecule has 0 fully saturated rings. The quantitative estimate of drug-likeness (QED) is 0.921. The van der Waals surface area contributed by atoms with Crippen LogP contribution in [0.2, 0.25) is 5.02 Å². The van der Waals surface area contributed by atoms with E-state index in [0.717, 1.165) is 5.56 Å². The minimum Gasteiger partial charge on any atom is -0.496 e. The first-order valence-corrected chi connectivity index (χ1v) is 6.66. The van der Waals surface area contributed by atoms with Crippen LogP contribution in [0.5, 0.6) is 5.75 Å². The van der Waals surface area contributed by atoms with E-state index in [4.69, 9.17) is 16.3 Å². The summed E-state index contributed by atoms with van der Waals surface area (Å²) in [5.74, 6) is 0.110. The van der Waals surface area contributed by atoms with Crippen molar-refractivity contribution in [2.75, 3.05) is 7.11 Å². The Kier molecular flexibility index (Phi) is 4.63. The number of benzene rings is 2. The van der Waals surface area contributed by atoms with E-state index in [9.17, 15) is 9.50 Å². The van der Waals surface area contributed by atoms with Crippen molar-refractivity contribution < 1.29 is 14.2 Å². The lowest BCUT2D eigenvalue weighted by Crippen LogP contribution is -2.06. The lowest BCUT2D eigenvalue weighted by molar-refractivity contribution is 0.172. The molecule has 0 radical (unpaired) electrons. The van der Waals surface area contributed by atoms with E-state index in [1.165, 1.54) is 6.07 Å². The fraction of sp³-hybridized carbons (Fsp3) is 0.250. The lowest BCUT2D eigenvalue weighted by Gasteiger charge is -2.16. The molecule has 0 aliphatic heterocycles. The smallest absolute Gasteiger partial charge is 0.145 e. The van der Waals surface area contributed by atoms with E-state index in [1.54, 1.807) is 25.3 Å². The molecule has 0 aliphatic carbocycles. The molecule has 20 heavy (non-hydrogen) atoms. The maximum Gasteiger partial charge on any atom is 0.145 e. The highest BCUT2D eigenvalue weighted by atomic mass is 35.5. The van der Waals surface area contributed by atoms with Crippen LogP contribution in [0.15, 0.2) is 36.4 Å². The topological polar surface area (TPSA) is 29.5 Å². The zero-order valence-electron chi connectivity index (χ0n) is 11.4. The van der Waals surface area contributed by atoms with Gasteiger partial charge in [-0.05, 0) is 30.2 Å². The molecule has 0 saturated carbocycles. The van der Waals surface area contributed by atoms with Gasteiger partial charge < -0.3 is 9.84 Å². The molecule has 2 aromatic rings. The minimum absolute atomic E-state index is 0.0607. The summed E-state index contributed by atoms with van der Waals surface area (Å²) in [4.78, 5) is 0. The van der Waals surface area contributed by atoms with Crippen LogP contribution in [0.1, 0.15) is 22.8 Å². The third-order valence-electron chi connectivity index (χ3n) is 3.19. The summed E-state index contributed by atoms with van der Waals surface area (Å²) in [5, 5.41) is 10.4. The number of aryl methyl sites for hydroxylation is 1. The number of aliphatic hydroxyl groups excluding tert-OH is 1. The first kappa shape index (κ1) is 14.8. The van der Waals surface area contributed by atoms with Crippen LogP contribution in [0.25, 0.3) is 0 Å². The molecular weight excluding hydrogens is 279 g/mol. The molecule has 106 valence electrons. The molecule has 1 unspecified atom stereocenters. The highest BCUT2D eigenvalue weighted by Gasteiger charge is 2.17. The van der Waals surface area contributed by atoms with Gasteiger partial charge in [-0.25, -0.2) is 4.39 Å². The fourth-order valence-corrected chi connectivity index (χ4v) is 2.31. The van der Waals surface area contributed by atoms with E-state index >= 15 is 0 Å². The Morgan fingerprint density at radius 3 is 2.75 bits per heavy atom. The van der Waals surface area contributed by atoms with Crippen molar-refractivity contribution in [2.24, 2.45) is 0 Å². The maximum absolute atomic E-state index is 13.8. The van der Waals surface area contributed by atoms with Gasteiger partial charge in [-0.1, -0.05) is 35.9 Å². The van der Waals surface area contributed by atoms with Crippen molar-refractivity contribution in [3.05, 3.63) is 63.9 Å². The van der Waals surface area contributed by atoms with Gasteiger partial charge in [0.05, 0.1) is 18.2 Å². The first-order valence-electron chi connectivity index (χ1n) is 6.28. The number of aliphatic hydroxyl groups is 1. The molecule has 4 heteroatoms. The van der Waals surface area contributed by atoms with E-state index < -0.39 is 11.9 Å². The van der Waals surface area contributed by atoms with Crippen LogP contribution in [-0.4, -0.2) is 12.2 Å². The summed E-state index contributed by atoms with van der Waals surface area (Å²) in [6.07, 6.45) is -0.704. The van der Waals surface area contributed by atoms with Crippen molar-refractivity contribution in [1.29, 1.82) is 0 Å². The number of hydrogen-bond donors (Lipinski definition) is 1. The zero-order chi connectivity index (χ0) is 14.7. The van der Waals surface area contributed by atoms with Crippen LogP contribution in [0.4, 0.5) is 4.39 Å². The number of halogens is 2. The minimum atomic E-state index is -0.849. The fourth-order valence-electron chi connectivity index (χ4n) is 2.12. The van der Waals surface area contributed by atoms with E-state index in [0.29, 0.717) is 16.9 Å². The summed E-state index contributed by atoms with van der Waals surface area (Å²) >= 11 is 5.74. The second-order valence-electron chi connectivity index (χ2n) is 4.68. The number of rotatable bonds is 4. The van der Waals surface area contributed by atoms with Crippen molar-refractivity contribution in [3.63, 3.8) is 0 Å². The summed E-state index contributed by atoms with van der Waals surface area (Å²) < 4.78 is 19.1. The Morgan fingerprint density at radius 2 is 2.05 bits per heavy atom. The first-order chi connectivity index (χ1) is 9.52. The van der Waals surface area contributed by atoms with Gasteiger partial charge in [0.25, 0.3) is 0 Å². The predicted octanol–water partition coefficient (Wildman–Crippen LogP) is 4.07. The van der Waals surface area contributed by atoms with Crippen molar-refractivity contribution in [3.8, 4) is 5.75 Å². The molecular formula is C16H16ClFO2. The van der Waals surface area contributed by atoms with Crippen LogP contribution >= 0.6 is 11.6 Å². The molecule has 0 saturated heterocycles. The van der Waals surface area contributed by atoms with Crippen LogP contribution in [0.3, 0.4) is 0 Å². The van der Waals surface area contributed by atoms with Gasteiger partial charge in [-0.3, -0.25) is 0 Å². The number of ether oxygens (including phenoxy) is 1. The van der Waals surface area contributed by atoms with Gasteiger partial charge in [0.2, 0.25) is 0 Å². The molecule has 1 N–H and O–H groups in total. The summed E-state index contributed by atoms with van der Waals surface area (Å²) in [6, 6.07) is 10.3. The van der Waals surface area contributed by atoms with Crippen molar-refractivity contribution in [2.45, 2.75) is 19.4 Å². The second kappa shape index (κ2) is 6.25. The Morgan fingerprint density at radius 1 is 1.30 bits per heavy atom. The van der Waals surface area contributed by atoms with E-state index in [2.05, 4.69) is 0 Å². The molecule has 0 heterocycles. The van der Waals surface area contributed by atoms with Crippen molar-refractivity contribution >= 4 is 11.6 Å². The lowest BCUT2D eigenvalue weighted by atomic mass is 9.99. The summed E-state index contributed by atoms with van der Waals surface area (Å²) in [7, 11) is 1.55. The molecule has 0 bridgehead atoms. The Hall–Kier alpha value is -1.58. The van der Waals surface area contributed by atoms with Gasteiger partial charge in [0, 0.05) is 12.0 Å². The van der Waals surface area contributed by atoms with Gasteiger partial charge >= 0.3 is 0 Å². The Balaban J connectivity index is 2.28. The Labute approximate surface area is 122 Å². The zero-order valence-corrected chi connectivity index (χ0v) is 12.1. The molecule has 0 amide bonds. The normalized spacial score (nSPS) is 12.2. The largest absolute Gasteiger partial charge is 0.496 e. The molecule has 1 atom stereocenters. The monoisotopic (exact) mass is 294 g/mol. The molecule has 0 spiro atoms. The molecule has 0 aromatic heterocycles. The Bertz CT molecular complexity index is 613. The molecule has 2 nitrogen and oxygen atoms in total. The molecule has 0 aliphatic rings. The molecule has 2 aromatic carbocycles. The number of methoxy groups -OCH3 is 1. The van der Waals surface area contributed by atoms with Crippen LogP contribution in [0, 0.1) is 12.7 Å². The van der Waals surface area contributed by atoms with E-state index in [-0.39, 0.29) is 11.4 Å². The number of hydrogen-bond acceptors (Lipinski definition) is 2. The third-order valence-corrected chi connectivity index (χ3v) is 3.48. The second-order valence-corrected chi connectivity index (χ2v) is 5.09. The third kappa shape index (κ3) is 3.11. The molecule has 2 rings (SSSR count). The highest BCUT2D eigenvalue weighted by Crippen LogP contribution is 2.30.